The molecule has 0 unspecified atom stereocenters. The number of nitrogens with zero attached hydrogens (tertiary/aromatic N) is 7. The van der Waals surface area contributed by atoms with Crippen LogP contribution in [0, 0.1) is 6.92 Å². The maximum absolute atomic E-state index is 2.72. The van der Waals surface area contributed by atoms with E-state index in [4.69, 9.17) is 0 Å². The number of anilines is 18. The van der Waals surface area contributed by atoms with Crippen molar-refractivity contribution >= 4 is 193 Å². The van der Waals surface area contributed by atoms with Crippen molar-refractivity contribution in [1.82, 2.24) is 4.57 Å². The van der Waals surface area contributed by atoms with Gasteiger partial charge in [-0.15, -0.1) is 0 Å². The minimum Gasteiger partial charge on any atom is -0.311 e. The van der Waals surface area contributed by atoms with Crippen molar-refractivity contribution < 1.29 is 0 Å². The first-order valence-corrected chi connectivity index (χ1v) is 35.2. The molecule has 0 N–H and O–H groups in total. The van der Waals surface area contributed by atoms with Crippen LogP contribution in [0.4, 0.5) is 102 Å². The Hall–Kier alpha value is -12.9. The van der Waals surface area contributed by atoms with Crippen molar-refractivity contribution in [1.29, 1.82) is 0 Å². The van der Waals surface area contributed by atoms with Crippen LogP contribution in [0.3, 0.4) is 0 Å². The maximum Gasteiger partial charge on any atom is 0.252 e. The van der Waals surface area contributed by atoms with Crippen molar-refractivity contribution in [3.8, 4) is 5.69 Å². The highest BCUT2D eigenvalue weighted by atomic mass is 15.2. The highest BCUT2D eigenvalue weighted by Crippen LogP contribution is 2.54. The number of hydrogen-bond donors (Lipinski definition) is 0. The fraction of sp³-hybridized carbons (Fsp3) is 0.0110. The Balaban J connectivity index is 0.902. The van der Waals surface area contributed by atoms with Crippen LogP contribution in [-0.2, 0) is 0 Å². The Morgan fingerprint density at radius 2 is 0.515 bits per heavy atom. The molecule has 7 nitrogen and oxygen atoms in total. The Labute approximate surface area is 587 Å². The molecule has 0 amide bonds. The second kappa shape index (κ2) is 21.5. The van der Waals surface area contributed by atoms with E-state index in [9.17, 15) is 0 Å². The fourth-order valence-electron chi connectivity index (χ4n) is 18.5. The van der Waals surface area contributed by atoms with Gasteiger partial charge in [-0.1, -0.05) is 200 Å². The highest BCUT2D eigenvalue weighted by molar-refractivity contribution is 7.02. The average Bonchev–Trinajstić information content (AvgIpc) is 1.66. The Morgan fingerprint density at radius 1 is 0.208 bits per heavy atom. The first kappa shape index (κ1) is 56.1. The van der Waals surface area contributed by atoms with Gasteiger partial charge in [-0.2, -0.15) is 0 Å². The third-order valence-corrected chi connectivity index (χ3v) is 22.4. The van der Waals surface area contributed by atoms with Gasteiger partial charge in [-0.25, -0.2) is 0 Å². The minimum absolute atomic E-state index is 0.109. The summed E-state index contributed by atoms with van der Waals surface area (Å²) in [4.78, 5) is 15.3. The number of para-hydroxylation sites is 9. The summed E-state index contributed by atoms with van der Waals surface area (Å²) in [6, 6.07) is 130. The van der Waals surface area contributed by atoms with Crippen molar-refractivity contribution in [3.63, 3.8) is 0 Å². The molecule has 1 aromatic heterocycles. The van der Waals surface area contributed by atoms with Crippen LogP contribution in [-0.4, -0.2) is 24.7 Å². The molecule has 0 fully saturated rings. The Morgan fingerprint density at radius 3 is 0.921 bits per heavy atom. The van der Waals surface area contributed by atoms with Crippen molar-refractivity contribution in [2.45, 2.75) is 6.92 Å². The van der Waals surface area contributed by atoms with E-state index in [1.807, 2.05) is 0 Å². The molecular weight excluding hydrogens is 1220 g/mol. The van der Waals surface area contributed by atoms with Crippen LogP contribution in [0.15, 0.2) is 346 Å². The van der Waals surface area contributed by atoms with Gasteiger partial charge >= 0.3 is 0 Å². The van der Waals surface area contributed by atoms with Gasteiger partial charge in [0.05, 0.1) is 28.1 Å². The van der Waals surface area contributed by atoms with Gasteiger partial charge in [0.1, 0.15) is 0 Å². The second-order valence-corrected chi connectivity index (χ2v) is 27.5. The molecule has 0 bridgehead atoms. The van der Waals surface area contributed by atoms with Crippen LogP contribution < -0.4 is 78.6 Å². The van der Waals surface area contributed by atoms with E-state index in [1.54, 1.807) is 0 Å². The lowest BCUT2D eigenvalue weighted by Crippen LogP contribution is -2.61. The Bertz CT molecular complexity index is 6110. The van der Waals surface area contributed by atoms with Gasteiger partial charge in [-0.05, 0) is 207 Å². The fourth-order valence-corrected chi connectivity index (χ4v) is 18.5. The standard InChI is InChI=1S/C91H60B3N7/c1-59-53-54-71-91(100(65-39-18-7-19-40-65)82-52-28-49-79-88(82)93(71)68-42-21-24-45-74(68)96(79)61-31-10-3-11-32-61)89(59)101-76-56-55-70-90(99(64-37-16-6-17-38-64)81-51-27-48-78-87(81)92(70)67-41-20-23-44-73(67)95(78)60-29-8-2-9-30-60)85(76)66-57-84-72(58-83(66)101)94-69-43-22-25-46-75(69)97(62-33-12-4-13-34-62)77-47-26-50-80(86(77)94)98(84)63-35-14-5-15-36-63/h2-58H,1H3. The lowest BCUT2D eigenvalue weighted by atomic mass is 9.33. The number of benzene rings is 15. The van der Waals surface area contributed by atoms with E-state index in [0.29, 0.717) is 0 Å². The van der Waals surface area contributed by atoms with E-state index in [2.05, 4.69) is 387 Å². The largest absolute Gasteiger partial charge is 0.311 e. The van der Waals surface area contributed by atoms with Crippen molar-refractivity contribution in [2.75, 3.05) is 29.4 Å². The third-order valence-electron chi connectivity index (χ3n) is 22.4. The number of hydrogen-bond acceptors (Lipinski definition) is 6. The smallest absolute Gasteiger partial charge is 0.252 e. The second-order valence-electron chi connectivity index (χ2n) is 27.5. The number of fused-ring (bicyclic) bond motifs is 16. The van der Waals surface area contributed by atoms with E-state index >= 15 is 0 Å². The summed E-state index contributed by atoms with van der Waals surface area (Å²) in [5.41, 5.74) is 36.8. The summed E-state index contributed by atoms with van der Waals surface area (Å²) in [5.74, 6) is 0. The molecule has 15 aromatic carbocycles. The Kier molecular flexibility index (Phi) is 12.0. The molecule has 7 heterocycles. The molecule has 0 aliphatic carbocycles. The van der Waals surface area contributed by atoms with Gasteiger partial charge in [0, 0.05) is 102 Å². The van der Waals surface area contributed by atoms with Crippen molar-refractivity contribution in [2.24, 2.45) is 0 Å². The first-order chi connectivity index (χ1) is 50.1. The molecule has 22 rings (SSSR count). The first-order valence-electron chi connectivity index (χ1n) is 35.2. The maximum atomic E-state index is 2.72. The monoisotopic (exact) mass is 1280 g/mol. The molecule has 101 heavy (non-hydrogen) atoms. The van der Waals surface area contributed by atoms with Crippen LogP contribution in [0.5, 0.6) is 0 Å². The minimum atomic E-state index is -0.141. The lowest BCUT2D eigenvalue weighted by molar-refractivity contribution is 1.13. The third kappa shape index (κ3) is 7.81. The lowest BCUT2D eigenvalue weighted by Gasteiger charge is -2.45. The molecule has 0 saturated carbocycles. The summed E-state index contributed by atoms with van der Waals surface area (Å²) in [5, 5.41) is 2.36. The molecule has 6 aliphatic heterocycles. The van der Waals surface area contributed by atoms with Gasteiger partial charge < -0.3 is 34.0 Å². The zero-order valence-electron chi connectivity index (χ0n) is 55.3. The quantitative estimate of drug-likeness (QED) is 0.147. The van der Waals surface area contributed by atoms with E-state index < -0.39 is 0 Å². The molecule has 468 valence electrons. The van der Waals surface area contributed by atoms with E-state index in [0.717, 1.165) is 62.2 Å². The van der Waals surface area contributed by atoms with E-state index in [1.165, 1.54) is 122 Å². The topological polar surface area (TPSA) is 24.4 Å². The van der Waals surface area contributed by atoms with Gasteiger partial charge in [-0.3, -0.25) is 0 Å². The van der Waals surface area contributed by atoms with Crippen LogP contribution >= 0.6 is 0 Å². The van der Waals surface area contributed by atoms with Crippen LogP contribution in [0.1, 0.15) is 5.56 Å². The molecule has 0 radical (unpaired) electrons. The normalized spacial score (nSPS) is 13.8. The van der Waals surface area contributed by atoms with Crippen molar-refractivity contribution in [3.05, 3.63) is 351 Å². The van der Waals surface area contributed by atoms with Crippen LogP contribution in [0.25, 0.3) is 27.5 Å². The molecular formula is C91H60B3N7. The summed E-state index contributed by atoms with van der Waals surface area (Å²) >= 11 is 0. The predicted molar refractivity (Wildman–Crippen MR) is 428 cm³/mol. The highest BCUT2D eigenvalue weighted by Gasteiger charge is 2.49. The summed E-state index contributed by atoms with van der Waals surface area (Å²) in [7, 11) is 0. The summed E-state index contributed by atoms with van der Waals surface area (Å²) < 4.78 is 2.72. The van der Waals surface area contributed by atoms with E-state index in [-0.39, 0.29) is 20.1 Å². The average molecular weight is 1280 g/mol. The predicted octanol–water partition coefficient (Wildman–Crippen LogP) is 17.3. The van der Waals surface area contributed by atoms with Gasteiger partial charge in [0.2, 0.25) is 0 Å². The zero-order chi connectivity index (χ0) is 66.1. The molecule has 0 saturated heterocycles. The summed E-state index contributed by atoms with van der Waals surface area (Å²) in [6.07, 6.45) is 0. The molecule has 16 aromatic rings. The van der Waals surface area contributed by atoms with Gasteiger partial charge in [0.25, 0.3) is 20.1 Å². The SMILES string of the molecule is Cc1ccc2c(c1-n1c3cc4c(cc3c3c5c(ccc31)B1c3ccccc3N(c3ccccc3)c3cccc(c31)N5c1ccccc1)N(c1ccccc1)c1cccc3c1B4c1ccccc1N3c1ccccc1)N(c1ccccc1)c1cccc3c1B2c1ccccc1N3c1ccccc1. The number of aromatic nitrogens is 1. The molecule has 0 atom stereocenters. The number of rotatable bonds is 7. The van der Waals surface area contributed by atoms with Gasteiger partial charge in [0.15, 0.2) is 0 Å². The van der Waals surface area contributed by atoms with Crippen LogP contribution in [0.2, 0.25) is 0 Å². The zero-order valence-corrected chi connectivity index (χ0v) is 55.3. The number of aryl methyl sites for hydroxylation is 1. The molecule has 10 heteroatoms. The molecule has 0 spiro atoms. The summed E-state index contributed by atoms with van der Waals surface area (Å²) in [6.45, 7) is 1.99. The molecule has 6 aliphatic rings.